The molecule has 0 heterocycles. The van der Waals surface area contributed by atoms with Crippen LogP contribution in [0.2, 0.25) is 0 Å². The van der Waals surface area contributed by atoms with E-state index in [0.717, 1.165) is 30.5 Å². The summed E-state index contributed by atoms with van der Waals surface area (Å²) < 4.78 is 34.4. The van der Waals surface area contributed by atoms with E-state index in [2.05, 4.69) is 20.4 Å². The third-order valence-electron chi connectivity index (χ3n) is 3.70. The van der Waals surface area contributed by atoms with Crippen molar-refractivity contribution >= 4 is 29.9 Å². The van der Waals surface area contributed by atoms with Crippen LogP contribution in [0.4, 0.5) is 8.78 Å². The molecule has 0 spiro atoms. The van der Waals surface area contributed by atoms with E-state index in [-0.39, 0.29) is 29.7 Å². The van der Waals surface area contributed by atoms with Gasteiger partial charge in [-0.1, -0.05) is 6.07 Å². The fourth-order valence-electron chi connectivity index (χ4n) is 2.25. The van der Waals surface area contributed by atoms with Gasteiger partial charge >= 0.3 is 6.61 Å². The molecular formula is C17H26F2IN3O2. The van der Waals surface area contributed by atoms with Crippen LogP contribution in [0.25, 0.3) is 0 Å². The SMILES string of the molecule is CCNC(=NCC1CC1)NCCc1ccc(OC)c(OC(F)F)c1.I. The Bertz CT molecular complexity index is 555. The van der Waals surface area contributed by atoms with Crippen molar-refractivity contribution < 1.29 is 18.3 Å². The molecular weight excluding hydrogens is 443 g/mol. The van der Waals surface area contributed by atoms with E-state index in [1.807, 2.05) is 13.0 Å². The van der Waals surface area contributed by atoms with Crippen molar-refractivity contribution in [2.75, 3.05) is 26.7 Å². The molecule has 1 aromatic carbocycles. The van der Waals surface area contributed by atoms with Gasteiger partial charge in [0.25, 0.3) is 0 Å². The Morgan fingerprint density at radius 1 is 1.28 bits per heavy atom. The molecule has 8 heteroatoms. The first-order chi connectivity index (χ1) is 11.6. The Morgan fingerprint density at radius 3 is 2.64 bits per heavy atom. The van der Waals surface area contributed by atoms with Crippen molar-refractivity contribution in [3.8, 4) is 11.5 Å². The molecule has 25 heavy (non-hydrogen) atoms. The van der Waals surface area contributed by atoms with Gasteiger partial charge in [0.15, 0.2) is 17.5 Å². The van der Waals surface area contributed by atoms with Gasteiger partial charge in [-0.25, -0.2) is 0 Å². The topological polar surface area (TPSA) is 54.9 Å². The lowest BCUT2D eigenvalue weighted by Crippen LogP contribution is -2.38. The largest absolute Gasteiger partial charge is 0.493 e. The average Bonchev–Trinajstić information content (AvgIpc) is 3.36. The summed E-state index contributed by atoms with van der Waals surface area (Å²) in [4.78, 5) is 4.54. The molecule has 0 amide bonds. The van der Waals surface area contributed by atoms with Crippen molar-refractivity contribution in [2.45, 2.75) is 32.8 Å². The van der Waals surface area contributed by atoms with Crippen molar-refractivity contribution in [2.24, 2.45) is 10.9 Å². The molecule has 2 rings (SSSR count). The second-order valence-electron chi connectivity index (χ2n) is 5.70. The van der Waals surface area contributed by atoms with Crippen LogP contribution in [0, 0.1) is 5.92 Å². The van der Waals surface area contributed by atoms with Crippen molar-refractivity contribution in [1.82, 2.24) is 10.6 Å². The van der Waals surface area contributed by atoms with Gasteiger partial charge in [-0.15, -0.1) is 24.0 Å². The highest BCUT2D eigenvalue weighted by Crippen LogP contribution is 2.30. The Morgan fingerprint density at radius 2 is 2.04 bits per heavy atom. The molecule has 1 aliphatic carbocycles. The number of nitrogens with one attached hydrogen (secondary N) is 2. The Labute approximate surface area is 164 Å². The summed E-state index contributed by atoms with van der Waals surface area (Å²) in [6.07, 6.45) is 3.20. The van der Waals surface area contributed by atoms with E-state index in [4.69, 9.17) is 4.74 Å². The molecule has 1 aromatic rings. The summed E-state index contributed by atoms with van der Waals surface area (Å²) in [5.74, 6) is 1.88. The molecule has 0 aromatic heterocycles. The number of benzene rings is 1. The van der Waals surface area contributed by atoms with Crippen molar-refractivity contribution in [3.63, 3.8) is 0 Å². The monoisotopic (exact) mass is 469 g/mol. The molecule has 0 unspecified atom stereocenters. The summed E-state index contributed by atoms with van der Waals surface area (Å²) in [6.45, 7) is 1.44. The van der Waals surface area contributed by atoms with Crippen molar-refractivity contribution in [3.05, 3.63) is 23.8 Å². The van der Waals surface area contributed by atoms with E-state index < -0.39 is 6.61 Å². The molecule has 0 bridgehead atoms. The van der Waals surface area contributed by atoms with Crippen LogP contribution >= 0.6 is 24.0 Å². The summed E-state index contributed by atoms with van der Waals surface area (Å²) in [7, 11) is 1.42. The first-order valence-corrected chi connectivity index (χ1v) is 8.26. The maximum atomic E-state index is 12.5. The maximum Gasteiger partial charge on any atom is 0.387 e. The van der Waals surface area contributed by atoms with Gasteiger partial charge in [0.2, 0.25) is 0 Å². The molecule has 5 nitrogen and oxygen atoms in total. The highest BCUT2D eigenvalue weighted by Gasteiger charge is 2.20. The van der Waals surface area contributed by atoms with E-state index in [1.165, 1.54) is 20.0 Å². The molecule has 1 aliphatic rings. The maximum absolute atomic E-state index is 12.5. The number of methoxy groups -OCH3 is 1. The Hall–Kier alpha value is -1.32. The van der Waals surface area contributed by atoms with Gasteiger partial charge < -0.3 is 20.1 Å². The van der Waals surface area contributed by atoms with E-state index in [9.17, 15) is 8.78 Å². The minimum atomic E-state index is -2.87. The van der Waals surface area contributed by atoms with Crippen LogP contribution in [0.3, 0.4) is 0 Å². The predicted molar refractivity (Wildman–Crippen MR) is 105 cm³/mol. The van der Waals surface area contributed by atoms with Crippen LogP contribution in [-0.4, -0.2) is 39.3 Å². The number of alkyl halides is 2. The molecule has 0 saturated heterocycles. The zero-order valence-electron chi connectivity index (χ0n) is 14.6. The number of ether oxygens (including phenoxy) is 2. The smallest absolute Gasteiger partial charge is 0.387 e. The fraction of sp³-hybridized carbons (Fsp3) is 0.588. The first-order valence-electron chi connectivity index (χ1n) is 8.26. The van der Waals surface area contributed by atoms with Crippen LogP contribution < -0.4 is 20.1 Å². The highest BCUT2D eigenvalue weighted by atomic mass is 127. The number of guanidine groups is 1. The van der Waals surface area contributed by atoms with Gasteiger partial charge in [-0.05, 0) is 49.8 Å². The Kier molecular flexibility index (Phi) is 9.84. The summed E-state index contributed by atoms with van der Waals surface area (Å²) in [5.41, 5.74) is 0.886. The van der Waals surface area contributed by atoms with Gasteiger partial charge in [-0.3, -0.25) is 4.99 Å². The van der Waals surface area contributed by atoms with Gasteiger partial charge in [0.05, 0.1) is 7.11 Å². The second-order valence-corrected chi connectivity index (χ2v) is 5.70. The molecule has 0 aliphatic heterocycles. The average molecular weight is 469 g/mol. The number of nitrogens with zero attached hydrogens (tertiary/aromatic N) is 1. The third-order valence-corrected chi connectivity index (χ3v) is 3.70. The van der Waals surface area contributed by atoms with Crippen molar-refractivity contribution in [1.29, 1.82) is 0 Å². The molecule has 2 N–H and O–H groups in total. The first kappa shape index (κ1) is 21.7. The number of hydrogen-bond donors (Lipinski definition) is 2. The summed E-state index contributed by atoms with van der Waals surface area (Å²) in [6, 6.07) is 5.06. The number of hydrogen-bond acceptors (Lipinski definition) is 3. The number of aliphatic imine (C=N–C) groups is 1. The highest BCUT2D eigenvalue weighted by molar-refractivity contribution is 14.0. The van der Waals surface area contributed by atoms with E-state index in [1.54, 1.807) is 12.1 Å². The zero-order valence-corrected chi connectivity index (χ0v) is 16.9. The van der Waals surface area contributed by atoms with Crippen LogP contribution in [0.15, 0.2) is 23.2 Å². The summed E-state index contributed by atoms with van der Waals surface area (Å²) >= 11 is 0. The van der Waals surface area contributed by atoms with Crippen LogP contribution in [-0.2, 0) is 6.42 Å². The lowest BCUT2D eigenvalue weighted by molar-refractivity contribution is -0.0512. The lowest BCUT2D eigenvalue weighted by Gasteiger charge is -2.13. The van der Waals surface area contributed by atoms with Gasteiger partial charge in [0, 0.05) is 19.6 Å². The lowest BCUT2D eigenvalue weighted by atomic mass is 10.1. The fourth-order valence-corrected chi connectivity index (χ4v) is 2.25. The van der Waals surface area contributed by atoms with Gasteiger partial charge in [0.1, 0.15) is 0 Å². The molecule has 1 saturated carbocycles. The molecule has 142 valence electrons. The van der Waals surface area contributed by atoms with E-state index in [0.29, 0.717) is 18.7 Å². The van der Waals surface area contributed by atoms with Crippen LogP contribution in [0.5, 0.6) is 11.5 Å². The normalized spacial score (nSPS) is 14.0. The Balaban J connectivity index is 0.00000312. The van der Waals surface area contributed by atoms with Crippen LogP contribution in [0.1, 0.15) is 25.3 Å². The standard InChI is InChI=1S/C17H25F2N3O2.HI/c1-3-20-17(22-11-13-4-5-13)21-9-8-12-6-7-14(23-2)15(10-12)24-16(18)19;/h6-7,10,13,16H,3-5,8-9,11H2,1-2H3,(H2,20,21,22);1H. The minimum Gasteiger partial charge on any atom is -0.493 e. The number of rotatable bonds is 9. The zero-order chi connectivity index (χ0) is 17.4. The number of halogens is 3. The molecule has 0 radical (unpaired) electrons. The van der Waals surface area contributed by atoms with Gasteiger partial charge in [-0.2, -0.15) is 8.78 Å². The quantitative estimate of drug-likeness (QED) is 0.331. The minimum absolute atomic E-state index is 0. The summed E-state index contributed by atoms with van der Waals surface area (Å²) in [5, 5.41) is 6.46. The molecule has 1 fully saturated rings. The predicted octanol–water partition coefficient (Wildman–Crippen LogP) is 3.42. The van der Waals surface area contributed by atoms with E-state index >= 15 is 0 Å². The second kappa shape index (κ2) is 11.3. The third kappa shape index (κ3) is 8.06. The molecule has 0 atom stereocenters.